The van der Waals surface area contributed by atoms with Gasteiger partial charge in [-0.15, -0.1) is 0 Å². The van der Waals surface area contributed by atoms with Crippen molar-refractivity contribution >= 4 is 33.2 Å². The summed E-state index contributed by atoms with van der Waals surface area (Å²) in [7, 11) is -2.35. The Hall–Kier alpha value is -1.96. The molecule has 0 unspecified atom stereocenters. The Kier molecular flexibility index (Phi) is 4.56. The van der Waals surface area contributed by atoms with Crippen LogP contribution in [0.15, 0.2) is 47.6 Å². The average molecular weight is 326 g/mol. The van der Waals surface area contributed by atoms with E-state index in [9.17, 15) is 13.2 Å². The van der Waals surface area contributed by atoms with Gasteiger partial charge in [0.15, 0.2) is 0 Å². The Morgan fingerprint density at radius 1 is 1.29 bits per heavy atom. The molecule has 2 aromatic rings. The van der Waals surface area contributed by atoms with Gasteiger partial charge in [0.05, 0.1) is 27.4 Å². The average Bonchev–Trinajstić information content (AvgIpc) is 2.48. The van der Waals surface area contributed by atoms with Crippen molar-refractivity contribution in [2.45, 2.75) is 4.90 Å². The number of sulfonamides is 1. The minimum Gasteiger partial charge on any atom is -0.321 e. The highest BCUT2D eigenvalue weighted by Gasteiger charge is 2.17. The number of nitrogens with zero attached hydrogens (tertiary/aromatic N) is 1. The number of anilines is 1. The van der Waals surface area contributed by atoms with Crippen LogP contribution in [0.3, 0.4) is 0 Å². The molecule has 0 aliphatic heterocycles. The molecular formula is C13H12ClN3O3S. The van der Waals surface area contributed by atoms with E-state index in [-0.39, 0.29) is 15.5 Å². The number of carbonyl (C=O) groups is 1. The van der Waals surface area contributed by atoms with Crippen LogP contribution in [-0.2, 0) is 10.0 Å². The molecule has 0 radical (unpaired) electrons. The highest BCUT2D eigenvalue weighted by molar-refractivity contribution is 7.89. The first kappa shape index (κ1) is 15.4. The normalized spacial score (nSPS) is 11.1. The van der Waals surface area contributed by atoms with Crippen molar-refractivity contribution in [2.24, 2.45) is 0 Å². The van der Waals surface area contributed by atoms with E-state index < -0.39 is 15.9 Å². The van der Waals surface area contributed by atoms with E-state index in [4.69, 9.17) is 11.6 Å². The summed E-state index contributed by atoms with van der Waals surface area (Å²) in [6.07, 6.45) is 3.04. The number of halogens is 1. The van der Waals surface area contributed by atoms with Crippen LogP contribution < -0.4 is 10.0 Å². The summed E-state index contributed by atoms with van der Waals surface area (Å²) in [5, 5.41) is 2.75. The number of aromatic nitrogens is 1. The van der Waals surface area contributed by atoms with Gasteiger partial charge in [-0.3, -0.25) is 9.78 Å². The number of amides is 1. The van der Waals surface area contributed by atoms with Crippen LogP contribution in [-0.4, -0.2) is 26.4 Å². The lowest BCUT2D eigenvalue weighted by atomic mass is 10.2. The highest BCUT2D eigenvalue weighted by Crippen LogP contribution is 2.21. The fourth-order valence-corrected chi connectivity index (χ4v) is 2.56. The molecule has 21 heavy (non-hydrogen) atoms. The Morgan fingerprint density at radius 3 is 2.67 bits per heavy atom. The molecule has 0 fully saturated rings. The summed E-state index contributed by atoms with van der Waals surface area (Å²) in [4.78, 5) is 16.0. The predicted octanol–water partition coefficient (Wildman–Crippen LogP) is 1.90. The molecule has 110 valence electrons. The maximum atomic E-state index is 12.2. The molecule has 0 saturated heterocycles. The van der Waals surface area contributed by atoms with E-state index in [2.05, 4.69) is 15.0 Å². The summed E-state index contributed by atoms with van der Waals surface area (Å²) in [5.41, 5.74) is 0.553. The number of hydrogen-bond donors (Lipinski definition) is 2. The van der Waals surface area contributed by atoms with Crippen molar-refractivity contribution in [1.82, 2.24) is 9.71 Å². The van der Waals surface area contributed by atoms with Gasteiger partial charge in [-0.1, -0.05) is 11.6 Å². The van der Waals surface area contributed by atoms with Crippen molar-refractivity contribution in [3.8, 4) is 0 Å². The molecule has 1 amide bonds. The van der Waals surface area contributed by atoms with Crippen molar-refractivity contribution in [3.05, 3.63) is 53.3 Å². The van der Waals surface area contributed by atoms with E-state index in [1.165, 1.54) is 31.4 Å². The second-order valence-corrected chi connectivity index (χ2v) is 6.34. The largest absolute Gasteiger partial charge is 0.321 e. The molecule has 2 N–H and O–H groups in total. The van der Waals surface area contributed by atoms with Crippen LogP contribution in [0.2, 0.25) is 5.02 Å². The molecular weight excluding hydrogens is 314 g/mol. The van der Waals surface area contributed by atoms with Crippen LogP contribution in [0, 0.1) is 0 Å². The van der Waals surface area contributed by atoms with E-state index >= 15 is 0 Å². The van der Waals surface area contributed by atoms with Crippen molar-refractivity contribution in [1.29, 1.82) is 0 Å². The van der Waals surface area contributed by atoms with E-state index in [1.54, 1.807) is 18.3 Å². The van der Waals surface area contributed by atoms with Gasteiger partial charge in [0, 0.05) is 6.20 Å². The smallest absolute Gasteiger partial charge is 0.257 e. The Labute approximate surface area is 127 Å². The van der Waals surface area contributed by atoms with Crippen LogP contribution in [0.5, 0.6) is 0 Å². The quantitative estimate of drug-likeness (QED) is 0.898. The number of nitrogens with one attached hydrogen (secondary N) is 2. The molecule has 0 spiro atoms. The topological polar surface area (TPSA) is 88.2 Å². The summed E-state index contributed by atoms with van der Waals surface area (Å²) >= 11 is 5.96. The first-order chi connectivity index (χ1) is 9.94. The van der Waals surface area contributed by atoms with Gasteiger partial charge >= 0.3 is 0 Å². The van der Waals surface area contributed by atoms with Gasteiger partial charge in [0.2, 0.25) is 10.0 Å². The standard InChI is InChI=1S/C13H12ClN3O3S/c1-15-21(19,20)10-4-5-12(14)11(7-10)13(18)17-9-3-2-6-16-8-9/h2-8,15H,1H3,(H,17,18). The summed E-state index contributed by atoms with van der Waals surface area (Å²) in [6, 6.07) is 7.24. The number of pyridine rings is 1. The second-order valence-electron chi connectivity index (χ2n) is 4.05. The molecule has 8 heteroatoms. The molecule has 1 aromatic carbocycles. The van der Waals surface area contributed by atoms with Crippen LogP contribution in [0.25, 0.3) is 0 Å². The Bertz CT molecular complexity index is 763. The third-order valence-corrected chi connectivity index (χ3v) is 4.42. The zero-order chi connectivity index (χ0) is 15.5. The lowest BCUT2D eigenvalue weighted by molar-refractivity contribution is 0.102. The van der Waals surface area contributed by atoms with Gasteiger partial charge in [-0.2, -0.15) is 0 Å². The van der Waals surface area contributed by atoms with Crippen LogP contribution in [0.4, 0.5) is 5.69 Å². The summed E-state index contributed by atoms with van der Waals surface area (Å²) in [6.45, 7) is 0. The zero-order valence-corrected chi connectivity index (χ0v) is 12.6. The second kappa shape index (κ2) is 6.21. The molecule has 1 aromatic heterocycles. The van der Waals surface area contributed by atoms with Crippen LogP contribution in [0.1, 0.15) is 10.4 Å². The Morgan fingerprint density at radius 2 is 2.05 bits per heavy atom. The fourth-order valence-electron chi connectivity index (χ4n) is 1.60. The number of hydrogen-bond acceptors (Lipinski definition) is 4. The van der Waals surface area contributed by atoms with Gasteiger partial charge in [-0.05, 0) is 37.4 Å². The SMILES string of the molecule is CNS(=O)(=O)c1ccc(Cl)c(C(=O)Nc2cccnc2)c1. The lowest BCUT2D eigenvalue weighted by Crippen LogP contribution is -2.20. The summed E-state index contributed by atoms with van der Waals surface area (Å²) < 4.78 is 25.7. The zero-order valence-electron chi connectivity index (χ0n) is 11.0. The molecule has 2 rings (SSSR count). The maximum Gasteiger partial charge on any atom is 0.257 e. The van der Waals surface area contributed by atoms with E-state index in [0.717, 1.165) is 0 Å². The lowest BCUT2D eigenvalue weighted by Gasteiger charge is -2.09. The third-order valence-electron chi connectivity index (χ3n) is 2.68. The number of rotatable bonds is 4. The minimum absolute atomic E-state index is 0.0364. The first-order valence-electron chi connectivity index (χ1n) is 5.88. The number of carbonyl (C=O) groups excluding carboxylic acids is 1. The minimum atomic E-state index is -3.64. The molecule has 0 aliphatic carbocycles. The van der Waals surface area contributed by atoms with Crippen molar-refractivity contribution in [3.63, 3.8) is 0 Å². The molecule has 0 atom stereocenters. The maximum absolute atomic E-state index is 12.2. The number of benzene rings is 1. The highest BCUT2D eigenvalue weighted by atomic mass is 35.5. The van der Waals surface area contributed by atoms with Crippen molar-refractivity contribution in [2.75, 3.05) is 12.4 Å². The van der Waals surface area contributed by atoms with Crippen molar-refractivity contribution < 1.29 is 13.2 Å². The Balaban J connectivity index is 2.35. The monoisotopic (exact) mass is 325 g/mol. The fraction of sp³-hybridized carbons (Fsp3) is 0.0769. The summed E-state index contributed by atoms with van der Waals surface area (Å²) in [5.74, 6) is -0.513. The third kappa shape index (κ3) is 3.57. The molecule has 0 saturated carbocycles. The van der Waals surface area contributed by atoms with Gasteiger partial charge in [-0.25, -0.2) is 13.1 Å². The molecule has 0 aliphatic rings. The van der Waals surface area contributed by atoms with Gasteiger partial charge in [0.25, 0.3) is 5.91 Å². The first-order valence-corrected chi connectivity index (χ1v) is 7.74. The molecule has 0 bridgehead atoms. The van der Waals surface area contributed by atoms with Gasteiger partial charge < -0.3 is 5.32 Å². The molecule has 1 heterocycles. The molecule has 6 nitrogen and oxygen atoms in total. The van der Waals surface area contributed by atoms with E-state index in [1.807, 2.05) is 0 Å². The predicted molar refractivity (Wildman–Crippen MR) is 79.9 cm³/mol. The van der Waals surface area contributed by atoms with Crippen LogP contribution >= 0.6 is 11.6 Å². The van der Waals surface area contributed by atoms with E-state index in [0.29, 0.717) is 5.69 Å². The van der Waals surface area contributed by atoms with Gasteiger partial charge in [0.1, 0.15) is 0 Å².